The predicted molar refractivity (Wildman–Crippen MR) is 56.2 cm³/mol. The molecular weight excluding hydrogens is 200 g/mol. The number of hydrogen-bond donors (Lipinski definition) is 2. The normalized spacial score (nSPS) is 15.3. The third-order valence-corrected chi connectivity index (χ3v) is 3.38. The Morgan fingerprint density at radius 1 is 1.00 bits per heavy atom. The molecule has 76 valence electrons. The van der Waals surface area contributed by atoms with Crippen molar-refractivity contribution in [2.75, 3.05) is 0 Å². The molecule has 1 aromatic rings. The van der Waals surface area contributed by atoms with Gasteiger partial charge in [0.1, 0.15) is 0 Å². The number of hydrogen-bond acceptors (Lipinski definition) is 2. The molecule has 3 heteroatoms. The largest absolute Gasteiger partial charge is 0.504 e. The van der Waals surface area contributed by atoms with Gasteiger partial charge in [-0.1, -0.05) is 11.6 Å². The first-order valence-corrected chi connectivity index (χ1v) is 5.22. The fourth-order valence-corrected chi connectivity index (χ4v) is 2.43. The van der Waals surface area contributed by atoms with E-state index in [0.717, 1.165) is 42.4 Å². The summed E-state index contributed by atoms with van der Waals surface area (Å²) in [6, 6.07) is 0. The average Bonchev–Trinajstić information content (AvgIpc) is 2.23. The smallest absolute Gasteiger partial charge is 0.177 e. The Morgan fingerprint density at radius 3 is 2.21 bits per heavy atom. The van der Waals surface area contributed by atoms with Crippen LogP contribution in [-0.2, 0) is 12.8 Å². The second-order valence-corrected chi connectivity index (χ2v) is 4.18. The Hall–Kier alpha value is -0.890. The predicted octanol–water partition coefficient (Wildman–Crippen LogP) is 2.94. The number of halogens is 1. The molecule has 0 aliphatic heterocycles. The minimum absolute atomic E-state index is 0.0596. The topological polar surface area (TPSA) is 40.5 Å². The first-order valence-electron chi connectivity index (χ1n) is 4.84. The maximum atomic E-state index is 9.61. The van der Waals surface area contributed by atoms with E-state index in [2.05, 4.69) is 0 Å². The van der Waals surface area contributed by atoms with Crippen LogP contribution in [0.5, 0.6) is 11.5 Å². The van der Waals surface area contributed by atoms with E-state index >= 15 is 0 Å². The van der Waals surface area contributed by atoms with Gasteiger partial charge in [0, 0.05) is 0 Å². The summed E-state index contributed by atoms with van der Waals surface area (Å²) in [4.78, 5) is 0. The van der Waals surface area contributed by atoms with Gasteiger partial charge in [0.05, 0.1) is 5.02 Å². The molecule has 1 aliphatic carbocycles. The highest BCUT2D eigenvalue weighted by Crippen LogP contribution is 2.43. The second-order valence-electron chi connectivity index (χ2n) is 3.80. The summed E-state index contributed by atoms with van der Waals surface area (Å²) in [5.41, 5.74) is 2.92. The molecule has 0 saturated heterocycles. The van der Waals surface area contributed by atoms with E-state index in [4.69, 9.17) is 11.6 Å². The van der Waals surface area contributed by atoms with Crippen LogP contribution in [0.1, 0.15) is 29.5 Å². The number of benzene rings is 1. The van der Waals surface area contributed by atoms with Crippen molar-refractivity contribution in [2.24, 2.45) is 0 Å². The molecule has 2 N–H and O–H groups in total. The summed E-state index contributed by atoms with van der Waals surface area (Å²) < 4.78 is 0. The van der Waals surface area contributed by atoms with Crippen LogP contribution in [0.3, 0.4) is 0 Å². The molecule has 0 heterocycles. The number of phenols is 2. The lowest BCUT2D eigenvalue weighted by molar-refractivity contribution is 0.399. The van der Waals surface area contributed by atoms with Crippen LogP contribution < -0.4 is 0 Å². The summed E-state index contributed by atoms with van der Waals surface area (Å²) in [5.74, 6) is -0.222. The van der Waals surface area contributed by atoms with Gasteiger partial charge in [-0.05, 0) is 49.3 Å². The Labute approximate surface area is 88.1 Å². The zero-order valence-corrected chi connectivity index (χ0v) is 8.86. The minimum atomic E-state index is -0.162. The van der Waals surface area contributed by atoms with Crippen molar-refractivity contribution in [1.29, 1.82) is 0 Å². The van der Waals surface area contributed by atoms with Gasteiger partial charge in [0.25, 0.3) is 0 Å². The fourth-order valence-electron chi connectivity index (χ4n) is 2.13. The van der Waals surface area contributed by atoms with Crippen molar-refractivity contribution in [3.05, 3.63) is 21.7 Å². The maximum absolute atomic E-state index is 9.61. The highest BCUT2D eigenvalue weighted by Gasteiger charge is 2.21. The minimum Gasteiger partial charge on any atom is -0.504 e. The highest BCUT2D eigenvalue weighted by atomic mass is 35.5. The van der Waals surface area contributed by atoms with Gasteiger partial charge in [-0.25, -0.2) is 0 Å². The molecule has 0 fully saturated rings. The van der Waals surface area contributed by atoms with Crippen LogP contribution in [0, 0.1) is 6.92 Å². The summed E-state index contributed by atoms with van der Waals surface area (Å²) in [5, 5.41) is 19.5. The monoisotopic (exact) mass is 212 g/mol. The zero-order chi connectivity index (χ0) is 10.3. The van der Waals surface area contributed by atoms with Gasteiger partial charge in [0.2, 0.25) is 0 Å². The van der Waals surface area contributed by atoms with E-state index < -0.39 is 0 Å². The molecule has 0 aromatic heterocycles. The van der Waals surface area contributed by atoms with Crippen LogP contribution in [0.4, 0.5) is 0 Å². The molecule has 0 saturated carbocycles. The Bertz CT molecular complexity index is 349. The molecule has 1 aliphatic rings. The molecule has 0 amide bonds. The number of fused-ring (bicyclic) bond motifs is 1. The van der Waals surface area contributed by atoms with Crippen LogP contribution in [0.15, 0.2) is 0 Å². The van der Waals surface area contributed by atoms with Gasteiger partial charge >= 0.3 is 0 Å². The molecule has 2 rings (SSSR count). The summed E-state index contributed by atoms with van der Waals surface area (Å²) in [6.45, 7) is 1.83. The molecule has 0 unspecified atom stereocenters. The van der Waals surface area contributed by atoms with Crippen LogP contribution in [0.25, 0.3) is 0 Å². The molecule has 0 radical (unpaired) electrons. The zero-order valence-electron chi connectivity index (χ0n) is 8.10. The third kappa shape index (κ3) is 1.25. The van der Waals surface area contributed by atoms with Crippen LogP contribution in [-0.4, -0.2) is 10.2 Å². The van der Waals surface area contributed by atoms with Gasteiger partial charge in [0.15, 0.2) is 11.5 Å². The summed E-state index contributed by atoms with van der Waals surface area (Å²) in [7, 11) is 0. The molecule has 1 aromatic carbocycles. The van der Waals surface area contributed by atoms with Crippen molar-refractivity contribution in [2.45, 2.75) is 32.6 Å². The van der Waals surface area contributed by atoms with E-state index in [1.165, 1.54) is 0 Å². The van der Waals surface area contributed by atoms with Crippen molar-refractivity contribution < 1.29 is 10.2 Å². The lowest BCUT2D eigenvalue weighted by Crippen LogP contribution is -2.06. The van der Waals surface area contributed by atoms with Crippen molar-refractivity contribution in [3.8, 4) is 11.5 Å². The van der Waals surface area contributed by atoms with Gasteiger partial charge in [-0.15, -0.1) is 0 Å². The van der Waals surface area contributed by atoms with Crippen molar-refractivity contribution in [3.63, 3.8) is 0 Å². The summed E-state index contributed by atoms with van der Waals surface area (Å²) >= 11 is 5.98. The standard InChI is InChI=1S/C11H13ClO2/c1-6-7-4-2-3-5-8(7)9(12)11(14)10(6)13/h13-14H,2-5H2,1H3. The van der Waals surface area contributed by atoms with E-state index in [1.54, 1.807) is 0 Å². The van der Waals surface area contributed by atoms with Crippen LogP contribution in [0.2, 0.25) is 5.02 Å². The SMILES string of the molecule is Cc1c(O)c(O)c(Cl)c2c1CCCC2. The second kappa shape index (κ2) is 3.35. The number of phenolic OH excluding ortho intramolecular Hbond substituents is 2. The quantitative estimate of drug-likeness (QED) is 0.650. The van der Waals surface area contributed by atoms with E-state index in [-0.39, 0.29) is 11.5 Å². The fraction of sp³-hybridized carbons (Fsp3) is 0.455. The Morgan fingerprint density at radius 2 is 1.57 bits per heavy atom. The molecular formula is C11H13ClO2. The lowest BCUT2D eigenvalue weighted by Gasteiger charge is -2.21. The molecule has 14 heavy (non-hydrogen) atoms. The van der Waals surface area contributed by atoms with Gasteiger partial charge in [-0.2, -0.15) is 0 Å². The van der Waals surface area contributed by atoms with Crippen molar-refractivity contribution in [1.82, 2.24) is 0 Å². The van der Waals surface area contributed by atoms with Gasteiger partial charge < -0.3 is 10.2 Å². The van der Waals surface area contributed by atoms with E-state index in [0.29, 0.717) is 5.02 Å². The van der Waals surface area contributed by atoms with E-state index in [1.807, 2.05) is 6.92 Å². The first-order chi connectivity index (χ1) is 6.63. The van der Waals surface area contributed by atoms with E-state index in [9.17, 15) is 10.2 Å². The molecule has 0 atom stereocenters. The first kappa shape index (κ1) is 9.66. The summed E-state index contributed by atoms with van der Waals surface area (Å²) in [6.07, 6.45) is 4.10. The highest BCUT2D eigenvalue weighted by molar-refractivity contribution is 6.33. The Kier molecular flexibility index (Phi) is 2.31. The molecule has 0 spiro atoms. The van der Waals surface area contributed by atoms with Crippen molar-refractivity contribution >= 4 is 11.6 Å². The maximum Gasteiger partial charge on any atom is 0.177 e. The Balaban J connectivity index is 2.71. The van der Waals surface area contributed by atoms with Gasteiger partial charge in [-0.3, -0.25) is 0 Å². The number of aromatic hydroxyl groups is 2. The molecule has 0 bridgehead atoms. The lowest BCUT2D eigenvalue weighted by atomic mass is 9.88. The molecule has 2 nitrogen and oxygen atoms in total. The third-order valence-electron chi connectivity index (χ3n) is 2.97. The average molecular weight is 213 g/mol. The van der Waals surface area contributed by atoms with Crippen LogP contribution >= 0.6 is 11.6 Å². The number of rotatable bonds is 0.